The molecular weight excluding hydrogens is 280 g/mol. The van der Waals surface area contributed by atoms with E-state index >= 15 is 0 Å². The highest BCUT2D eigenvalue weighted by molar-refractivity contribution is 5.73. The number of hydrogen-bond acceptors (Lipinski definition) is 1. The van der Waals surface area contributed by atoms with Crippen LogP contribution >= 0.6 is 0 Å². The zero-order chi connectivity index (χ0) is 14.0. The summed E-state index contributed by atoms with van der Waals surface area (Å²) in [5.41, 5.74) is 1.37. The van der Waals surface area contributed by atoms with Gasteiger partial charge in [-0.25, -0.2) is 4.58 Å². The van der Waals surface area contributed by atoms with Gasteiger partial charge in [0.25, 0.3) is 0 Å². The third-order valence-electron chi connectivity index (χ3n) is 4.32. The molecule has 2 nitrogen and oxygen atoms in total. The minimum absolute atomic E-state index is 0. The van der Waals surface area contributed by atoms with Gasteiger partial charge in [0, 0.05) is 31.5 Å². The Hall–Kier alpha value is -0.760. The predicted octanol–water partition coefficient (Wildman–Crippen LogP) is 0.984. The number of halogens is 1. The SMILES string of the molecule is CC(=CC=CN1CCCCCC1)C=[N+]1CCCCCC1.[Cl-]. The molecule has 2 rings (SSSR count). The van der Waals surface area contributed by atoms with E-state index in [-0.39, 0.29) is 12.4 Å². The van der Waals surface area contributed by atoms with Gasteiger partial charge in [0.2, 0.25) is 0 Å². The van der Waals surface area contributed by atoms with Crippen molar-refractivity contribution in [2.75, 3.05) is 26.2 Å². The normalized spacial score (nSPS) is 21.7. The van der Waals surface area contributed by atoms with Crippen LogP contribution in [0.4, 0.5) is 0 Å². The summed E-state index contributed by atoms with van der Waals surface area (Å²) in [6, 6.07) is 0. The molecule has 0 amide bonds. The molecule has 2 aliphatic heterocycles. The van der Waals surface area contributed by atoms with Gasteiger partial charge >= 0.3 is 0 Å². The highest BCUT2D eigenvalue weighted by atomic mass is 35.5. The summed E-state index contributed by atoms with van der Waals surface area (Å²) < 4.78 is 2.50. The maximum Gasteiger partial charge on any atom is 0.166 e. The van der Waals surface area contributed by atoms with Gasteiger partial charge in [-0.1, -0.05) is 18.9 Å². The van der Waals surface area contributed by atoms with Crippen LogP contribution < -0.4 is 12.4 Å². The molecule has 0 spiro atoms. The monoisotopic (exact) mass is 310 g/mol. The first-order chi connectivity index (χ1) is 9.84. The second-order valence-electron chi connectivity index (χ2n) is 6.28. The molecule has 0 atom stereocenters. The van der Waals surface area contributed by atoms with E-state index in [1.54, 1.807) is 0 Å². The lowest BCUT2D eigenvalue weighted by atomic mass is 10.2. The second-order valence-corrected chi connectivity index (χ2v) is 6.28. The van der Waals surface area contributed by atoms with Gasteiger partial charge < -0.3 is 17.3 Å². The molecule has 2 saturated heterocycles. The van der Waals surface area contributed by atoms with Gasteiger partial charge in [0.15, 0.2) is 6.21 Å². The van der Waals surface area contributed by atoms with Gasteiger partial charge in [-0.2, -0.15) is 0 Å². The molecule has 2 aliphatic rings. The largest absolute Gasteiger partial charge is 1.00 e. The maximum absolute atomic E-state index is 2.50. The molecule has 21 heavy (non-hydrogen) atoms. The molecule has 0 unspecified atom stereocenters. The van der Waals surface area contributed by atoms with E-state index in [2.05, 4.69) is 41.0 Å². The Morgan fingerprint density at radius 1 is 0.857 bits per heavy atom. The first-order valence-electron chi connectivity index (χ1n) is 8.53. The quantitative estimate of drug-likeness (QED) is 0.556. The number of hydrogen-bond donors (Lipinski definition) is 0. The molecule has 3 heteroatoms. The zero-order valence-corrected chi connectivity index (χ0v) is 14.3. The van der Waals surface area contributed by atoms with Crippen molar-refractivity contribution in [2.45, 2.75) is 58.3 Å². The fourth-order valence-electron chi connectivity index (χ4n) is 3.12. The van der Waals surface area contributed by atoms with Crippen molar-refractivity contribution in [2.24, 2.45) is 0 Å². The highest BCUT2D eigenvalue weighted by Gasteiger charge is 2.08. The van der Waals surface area contributed by atoms with Crippen LogP contribution in [0, 0.1) is 0 Å². The van der Waals surface area contributed by atoms with Crippen LogP contribution in [0.15, 0.2) is 23.9 Å². The molecule has 0 aromatic rings. The Labute approximate surface area is 137 Å². The van der Waals surface area contributed by atoms with Crippen molar-refractivity contribution in [1.29, 1.82) is 0 Å². The van der Waals surface area contributed by atoms with Crippen LogP contribution in [0.5, 0.6) is 0 Å². The van der Waals surface area contributed by atoms with Crippen molar-refractivity contribution in [3.63, 3.8) is 0 Å². The first-order valence-corrected chi connectivity index (χ1v) is 8.53. The maximum atomic E-state index is 2.50. The fourth-order valence-corrected chi connectivity index (χ4v) is 3.12. The van der Waals surface area contributed by atoms with Gasteiger partial charge in [0.05, 0.1) is 0 Å². The first kappa shape index (κ1) is 18.3. The van der Waals surface area contributed by atoms with Crippen LogP contribution in [0.25, 0.3) is 0 Å². The van der Waals surface area contributed by atoms with Crippen molar-refractivity contribution >= 4 is 6.21 Å². The van der Waals surface area contributed by atoms with Gasteiger partial charge in [-0.15, -0.1) is 0 Å². The standard InChI is InChI=1S/C18H31N2.ClH/c1-18(17-20-14-8-4-5-9-15-20)11-10-16-19-12-6-2-3-7-13-19;/h10-11,16-17H,2-9,12-15H2,1H3;1H/q+1;/p-1. The van der Waals surface area contributed by atoms with Crippen LogP contribution in [0.2, 0.25) is 0 Å². The lowest BCUT2D eigenvalue weighted by Gasteiger charge is -2.16. The highest BCUT2D eigenvalue weighted by Crippen LogP contribution is 2.10. The van der Waals surface area contributed by atoms with E-state index < -0.39 is 0 Å². The average Bonchev–Trinajstić information content (AvgIpc) is 2.83. The molecule has 2 heterocycles. The lowest BCUT2D eigenvalue weighted by Crippen LogP contribution is -3.00. The zero-order valence-electron chi connectivity index (χ0n) is 13.6. The summed E-state index contributed by atoms with van der Waals surface area (Å²) in [6.45, 7) is 7.16. The van der Waals surface area contributed by atoms with Crippen LogP contribution in [-0.4, -0.2) is 41.9 Å². The van der Waals surface area contributed by atoms with E-state index in [0.717, 1.165) is 0 Å². The third kappa shape index (κ3) is 7.71. The van der Waals surface area contributed by atoms with Crippen molar-refractivity contribution in [3.05, 3.63) is 23.9 Å². The van der Waals surface area contributed by atoms with Crippen molar-refractivity contribution in [1.82, 2.24) is 4.90 Å². The number of likely N-dealkylation sites (tertiary alicyclic amines) is 1. The minimum atomic E-state index is 0. The summed E-state index contributed by atoms with van der Waals surface area (Å²) in [5.74, 6) is 0. The summed E-state index contributed by atoms with van der Waals surface area (Å²) in [7, 11) is 0. The molecule has 2 fully saturated rings. The molecule has 0 aliphatic carbocycles. The van der Waals surface area contributed by atoms with Crippen molar-refractivity contribution < 1.29 is 17.0 Å². The summed E-state index contributed by atoms with van der Waals surface area (Å²) in [5, 5.41) is 0. The van der Waals surface area contributed by atoms with Crippen LogP contribution in [-0.2, 0) is 0 Å². The van der Waals surface area contributed by atoms with E-state index in [4.69, 9.17) is 0 Å². The molecular formula is C18H31ClN2. The molecule has 0 aromatic heterocycles. The Morgan fingerprint density at radius 3 is 2.05 bits per heavy atom. The Morgan fingerprint density at radius 2 is 1.43 bits per heavy atom. The molecule has 0 saturated carbocycles. The number of allylic oxidation sites excluding steroid dienone is 3. The Kier molecular flexibility index (Phi) is 9.49. The smallest absolute Gasteiger partial charge is 0.166 e. The lowest BCUT2D eigenvalue weighted by molar-refractivity contribution is -0.521. The van der Waals surface area contributed by atoms with Gasteiger partial charge in [-0.3, -0.25) is 0 Å². The fraction of sp³-hybridized carbons (Fsp3) is 0.722. The Balaban J connectivity index is 0.00000220. The van der Waals surface area contributed by atoms with E-state index in [1.807, 2.05) is 0 Å². The molecule has 0 bridgehead atoms. The van der Waals surface area contributed by atoms with Gasteiger partial charge in [0.1, 0.15) is 13.1 Å². The summed E-state index contributed by atoms with van der Waals surface area (Å²) in [4.78, 5) is 2.47. The second kappa shape index (κ2) is 10.9. The van der Waals surface area contributed by atoms with Crippen molar-refractivity contribution in [3.8, 4) is 0 Å². The molecule has 0 aromatic carbocycles. The van der Waals surface area contributed by atoms with E-state index in [0.29, 0.717) is 0 Å². The van der Waals surface area contributed by atoms with E-state index in [9.17, 15) is 0 Å². The molecule has 0 radical (unpaired) electrons. The molecule has 120 valence electrons. The minimum Gasteiger partial charge on any atom is -1.00 e. The number of rotatable bonds is 3. The summed E-state index contributed by atoms with van der Waals surface area (Å²) >= 11 is 0. The Bertz CT molecular complexity index is 353. The predicted molar refractivity (Wildman–Crippen MR) is 87.5 cm³/mol. The average molecular weight is 311 g/mol. The number of nitrogens with zero attached hydrogens (tertiary/aromatic N) is 2. The van der Waals surface area contributed by atoms with Crippen LogP contribution in [0.3, 0.4) is 0 Å². The van der Waals surface area contributed by atoms with Crippen LogP contribution in [0.1, 0.15) is 58.3 Å². The molecule has 0 N–H and O–H groups in total. The topological polar surface area (TPSA) is 6.25 Å². The van der Waals surface area contributed by atoms with Gasteiger partial charge in [-0.05, 0) is 44.9 Å². The van der Waals surface area contributed by atoms with E-state index in [1.165, 1.54) is 83.1 Å². The third-order valence-corrected chi connectivity index (χ3v) is 4.32. The summed E-state index contributed by atoms with van der Waals surface area (Å²) in [6.07, 6.45) is 20.2.